The van der Waals surface area contributed by atoms with Crippen molar-refractivity contribution in [2.75, 3.05) is 13.2 Å². The van der Waals surface area contributed by atoms with E-state index < -0.39 is 24.1 Å². The molecule has 0 aromatic heterocycles. The lowest BCUT2D eigenvalue weighted by molar-refractivity contribution is -0.145. The molecule has 6 nitrogen and oxygen atoms in total. The first kappa shape index (κ1) is 22.4. The van der Waals surface area contributed by atoms with Gasteiger partial charge in [-0.1, -0.05) is 32.4 Å². The molecule has 6 heteroatoms. The van der Waals surface area contributed by atoms with Crippen LogP contribution in [0, 0.1) is 5.41 Å². The van der Waals surface area contributed by atoms with Gasteiger partial charge in [0.15, 0.2) is 0 Å². The quantitative estimate of drug-likeness (QED) is 0.455. The molecular formula is C20H32O6. The van der Waals surface area contributed by atoms with E-state index in [1.807, 2.05) is 0 Å². The van der Waals surface area contributed by atoms with E-state index in [2.05, 4.69) is 13.2 Å². The van der Waals surface area contributed by atoms with Gasteiger partial charge in [-0.3, -0.25) is 0 Å². The molecule has 26 heavy (non-hydrogen) atoms. The SMILES string of the molecule is C=C(CC1(CC(=C)C(=O)OC(C)CO)CCCCC1)C(=O)OC(C)CO. The summed E-state index contributed by atoms with van der Waals surface area (Å²) in [5.74, 6) is -1.03. The van der Waals surface area contributed by atoms with Gasteiger partial charge in [0.1, 0.15) is 12.2 Å². The molecule has 0 radical (unpaired) electrons. The number of carbonyl (C=O) groups is 2. The second-order valence-corrected chi connectivity index (χ2v) is 7.42. The van der Waals surface area contributed by atoms with Crippen LogP contribution in [0.25, 0.3) is 0 Å². The average Bonchev–Trinajstić information content (AvgIpc) is 2.61. The number of hydrogen-bond acceptors (Lipinski definition) is 6. The van der Waals surface area contributed by atoms with Gasteiger partial charge in [-0.2, -0.15) is 0 Å². The summed E-state index contributed by atoms with van der Waals surface area (Å²) in [6.07, 6.45) is 4.59. The Labute approximate surface area is 155 Å². The van der Waals surface area contributed by atoms with Crippen LogP contribution >= 0.6 is 0 Å². The third kappa shape index (κ3) is 6.92. The van der Waals surface area contributed by atoms with Crippen LogP contribution < -0.4 is 0 Å². The van der Waals surface area contributed by atoms with E-state index in [4.69, 9.17) is 19.7 Å². The summed E-state index contributed by atoms with van der Waals surface area (Å²) in [7, 11) is 0. The molecule has 0 aromatic carbocycles. The molecule has 2 N–H and O–H groups in total. The number of aliphatic hydroxyl groups excluding tert-OH is 2. The molecule has 0 aliphatic heterocycles. The Kier molecular flexibility index (Phi) is 9.02. The van der Waals surface area contributed by atoms with Crippen LogP contribution in [0.15, 0.2) is 24.3 Å². The van der Waals surface area contributed by atoms with E-state index in [0.717, 1.165) is 32.1 Å². The molecular weight excluding hydrogens is 336 g/mol. The molecule has 0 heterocycles. The number of rotatable bonds is 10. The smallest absolute Gasteiger partial charge is 0.333 e. The lowest BCUT2D eigenvalue weighted by atomic mass is 9.67. The summed E-state index contributed by atoms with van der Waals surface area (Å²) in [4.78, 5) is 24.3. The van der Waals surface area contributed by atoms with Crippen molar-refractivity contribution >= 4 is 11.9 Å². The van der Waals surface area contributed by atoms with Crippen molar-refractivity contribution in [3.8, 4) is 0 Å². The fourth-order valence-electron chi connectivity index (χ4n) is 3.37. The normalized spacial score (nSPS) is 18.5. The minimum absolute atomic E-state index is 0.240. The molecule has 2 atom stereocenters. The highest BCUT2D eigenvalue weighted by molar-refractivity contribution is 5.89. The molecule has 1 aliphatic rings. The van der Waals surface area contributed by atoms with E-state index in [-0.39, 0.29) is 18.6 Å². The zero-order valence-electron chi connectivity index (χ0n) is 16.0. The monoisotopic (exact) mass is 368 g/mol. The van der Waals surface area contributed by atoms with Gasteiger partial charge in [-0.05, 0) is 44.9 Å². The van der Waals surface area contributed by atoms with E-state index in [1.165, 1.54) is 0 Å². The van der Waals surface area contributed by atoms with Crippen molar-refractivity contribution < 1.29 is 29.3 Å². The third-order valence-electron chi connectivity index (χ3n) is 4.80. The minimum atomic E-state index is -0.577. The molecule has 1 saturated carbocycles. The number of esters is 2. The number of aliphatic hydroxyl groups is 2. The molecule has 0 amide bonds. The Morgan fingerprint density at radius 3 is 1.62 bits per heavy atom. The average molecular weight is 368 g/mol. The highest BCUT2D eigenvalue weighted by atomic mass is 16.6. The van der Waals surface area contributed by atoms with Gasteiger partial charge in [0.2, 0.25) is 0 Å². The van der Waals surface area contributed by atoms with E-state index in [9.17, 15) is 9.59 Å². The zero-order chi connectivity index (χ0) is 19.7. The highest BCUT2D eigenvalue weighted by Crippen LogP contribution is 2.46. The molecule has 0 bridgehead atoms. The standard InChI is InChI=1S/C20H32O6/c1-14(18(23)25-16(3)12-21)10-20(8-6-5-7-9-20)11-15(2)19(24)26-17(4)13-22/h16-17,21-22H,1-2,5-13H2,3-4H3. The summed E-state index contributed by atoms with van der Waals surface area (Å²) in [6.45, 7) is 10.5. The lowest BCUT2D eigenvalue weighted by Crippen LogP contribution is -2.30. The van der Waals surface area contributed by atoms with Gasteiger partial charge in [-0.25, -0.2) is 9.59 Å². The maximum absolute atomic E-state index is 12.2. The number of carbonyl (C=O) groups excluding carboxylic acids is 2. The minimum Gasteiger partial charge on any atom is -0.457 e. The van der Waals surface area contributed by atoms with Crippen LogP contribution in [-0.4, -0.2) is 47.6 Å². The van der Waals surface area contributed by atoms with Crippen LogP contribution in [0.4, 0.5) is 0 Å². The number of hydrogen-bond donors (Lipinski definition) is 2. The Bertz CT molecular complexity index is 478. The second kappa shape index (κ2) is 10.5. The van der Waals surface area contributed by atoms with Crippen molar-refractivity contribution in [3.05, 3.63) is 24.3 Å². The Balaban J connectivity index is 2.77. The van der Waals surface area contributed by atoms with Crippen molar-refractivity contribution in [2.45, 2.75) is 71.0 Å². The first-order valence-corrected chi connectivity index (χ1v) is 9.22. The van der Waals surface area contributed by atoms with Crippen LogP contribution in [0.1, 0.15) is 58.8 Å². The highest BCUT2D eigenvalue weighted by Gasteiger charge is 2.36. The third-order valence-corrected chi connectivity index (χ3v) is 4.80. The summed E-state index contributed by atoms with van der Waals surface area (Å²) >= 11 is 0. The van der Waals surface area contributed by atoms with Crippen LogP contribution in [0.5, 0.6) is 0 Å². The Morgan fingerprint density at radius 2 is 1.27 bits per heavy atom. The summed E-state index contributed by atoms with van der Waals surface area (Å²) in [5.41, 5.74) is 0.421. The van der Waals surface area contributed by atoms with Gasteiger partial charge in [0, 0.05) is 11.1 Å². The maximum atomic E-state index is 12.2. The molecule has 1 aliphatic carbocycles. The van der Waals surface area contributed by atoms with Gasteiger partial charge in [0.05, 0.1) is 13.2 Å². The fraction of sp³-hybridized carbons (Fsp3) is 0.700. The largest absolute Gasteiger partial charge is 0.457 e. The summed E-state index contributed by atoms with van der Waals surface area (Å²) in [5, 5.41) is 18.0. The number of ether oxygens (including phenoxy) is 2. The molecule has 0 spiro atoms. The Hall–Kier alpha value is -1.66. The van der Waals surface area contributed by atoms with E-state index in [1.54, 1.807) is 13.8 Å². The first-order valence-electron chi connectivity index (χ1n) is 9.22. The Morgan fingerprint density at radius 1 is 0.885 bits per heavy atom. The molecule has 1 fully saturated rings. The topological polar surface area (TPSA) is 93.1 Å². The van der Waals surface area contributed by atoms with Crippen molar-refractivity contribution in [1.82, 2.24) is 0 Å². The van der Waals surface area contributed by atoms with Crippen molar-refractivity contribution in [1.29, 1.82) is 0 Å². The van der Waals surface area contributed by atoms with Crippen molar-refractivity contribution in [3.63, 3.8) is 0 Å². The molecule has 0 aromatic rings. The van der Waals surface area contributed by atoms with Gasteiger partial charge in [-0.15, -0.1) is 0 Å². The zero-order valence-corrected chi connectivity index (χ0v) is 16.0. The van der Waals surface area contributed by atoms with Gasteiger partial charge < -0.3 is 19.7 Å². The predicted octanol–water partition coefficient (Wildman–Crippen LogP) is 2.68. The molecule has 148 valence electrons. The van der Waals surface area contributed by atoms with E-state index in [0.29, 0.717) is 24.0 Å². The first-order chi connectivity index (χ1) is 12.2. The molecule has 0 saturated heterocycles. The fourth-order valence-corrected chi connectivity index (χ4v) is 3.37. The summed E-state index contributed by atoms with van der Waals surface area (Å²) < 4.78 is 10.3. The predicted molar refractivity (Wildman–Crippen MR) is 98.3 cm³/mol. The van der Waals surface area contributed by atoms with Crippen LogP contribution in [0.2, 0.25) is 0 Å². The summed E-state index contributed by atoms with van der Waals surface area (Å²) in [6, 6.07) is 0. The molecule has 1 rings (SSSR count). The van der Waals surface area contributed by atoms with Crippen LogP contribution in [-0.2, 0) is 19.1 Å². The second-order valence-electron chi connectivity index (χ2n) is 7.42. The lowest BCUT2D eigenvalue weighted by Gasteiger charge is -2.38. The van der Waals surface area contributed by atoms with Gasteiger partial charge in [0.25, 0.3) is 0 Å². The van der Waals surface area contributed by atoms with Crippen molar-refractivity contribution in [2.24, 2.45) is 5.41 Å². The van der Waals surface area contributed by atoms with Gasteiger partial charge >= 0.3 is 11.9 Å². The van der Waals surface area contributed by atoms with Crippen LogP contribution in [0.3, 0.4) is 0 Å². The molecule has 2 unspecified atom stereocenters. The maximum Gasteiger partial charge on any atom is 0.333 e. The van der Waals surface area contributed by atoms with E-state index >= 15 is 0 Å².